The van der Waals surface area contributed by atoms with E-state index < -0.39 is 0 Å². The molecule has 158 valence electrons. The van der Waals surface area contributed by atoms with Crippen molar-refractivity contribution in [2.45, 2.75) is 11.6 Å². The van der Waals surface area contributed by atoms with Crippen LogP contribution in [0.2, 0.25) is 0 Å². The molecule has 0 amide bonds. The Morgan fingerprint density at radius 3 is 2.47 bits per heavy atom. The van der Waals surface area contributed by atoms with Crippen molar-refractivity contribution < 1.29 is 14.2 Å². The molecular weight excluding hydrogens is 536 g/mol. The SMILES string of the molecule is COc1ccc(Cc2nc(SCCOc3ccc(Br)cc3)[nH]c(=O)c2Br)cc1OC. The molecule has 0 fully saturated rings. The van der Waals surface area contributed by atoms with Gasteiger partial charge in [-0.1, -0.05) is 33.8 Å². The van der Waals surface area contributed by atoms with Gasteiger partial charge in [0.25, 0.3) is 5.56 Å². The predicted molar refractivity (Wildman–Crippen MR) is 125 cm³/mol. The summed E-state index contributed by atoms with van der Waals surface area (Å²) in [5.74, 6) is 2.73. The van der Waals surface area contributed by atoms with Crippen LogP contribution in [0.5, 0.6) is 17.2 Å². The van der Waals surface area contributed by atoms with Gasteiger partial charge in [0.1, 0.15) is 10.2 Å². The normalized spacial score (nSPS) is 10.7. The molecule has 1 aromatic heterocycles. The maximum absolute atomic E-state index is 12.3. The van der Waals surface area contributed by atoms with Crippen molar-refractivity contribution >= 4 is 43.6 Å². The van der Waals surface area contributed by atoms with Gasteiger partial charge in [0.05, 0.1) is 26.5 Å². The van der Waals surface area contributed by atoms with Gasteiger partial charge in [-0.3, -0.25) is 4.79 Å². The number of halogens is 2. The van der Waals surface area contributed by atoms with Crippen LogP contribution in [-0.2, 0) is 6.42 Å². The minimum absolute atomic E-state index is 0.211. The largest absolute Gasteiger partial charge is 0.493 e. The number of methoxy groups -OCH3 is 2. The first-order chi connectivity index (χ1) is 14.5. The maximum Gasteiger partial charge on any atom is 0.266 e. The summed E-state index contributed by atoms with van der Waals surface area (Å²) >= 11 is 8.19. The average molecular weight is 556 g/mol. The van der Waals surface area contributed by atoms with E-state index in [-0.39, 0.29) is 5.56 Å². The van der Waals surface area contributed by atoms with E-state index in [9.17, 15) is 4.79 Å². The molecule has 3 rings (SSSR count). The van der Waals surface area contributed by atoms with Crippen molar-refractivity contribution in [2.75, 3.05) is 26.6 Å². The van der Waals surface area contributed by atoms with E-state index in [2.05, 4.69) is 41.8 Å². The number of thioether (sulfide) groups is 1. The fourth-order valence-corrected chi connectivity index (χ4v) is 3.97. The van der Waals surface area contributed by atoms with Crippen LogP contribution in [0.25, 0.3) is 0 Å². The molecule has 0 bridgehead atoms. The summed E-state index contributed by atoms with van der Waals surface area (Å²) in [7, 11) is 3.18. The molecule has 6 nitrogen and oxygen atoms in total. The predicted octanol–water partition coefficient (Wildman–Crippen LogP) is 5.07. The van der Waals surface area contributed by atoms with E-state index in [0.29, 0.717) is 45.6 Å². The van der Waals surface area contributed by atoms with E-state index in [1.165, 1.54) is 11.8 Å². The first-order valence-electron chi connectivity index (χ1n) is 9.01. The van der Waals surface area contributed by atoms with Crippen LogP contribution < -0.4 is 19.8 Å². The number of hydrogen-bond acceptors (Lipinski definition) is 6. The third-order valence-corrected chi connectivity index (χ3v) is 6.32. The molecule has 0 unspecified atom stereocenters. The number of rotatable bonds is 9. The second kappa shape index (κ2) is 10.9. The molecule has 2 aromatic carbocycles. The molecule has 0 aliphatic rings. The molecule has 9 heteroatoms. The molecule has 0 aliphatic heterocycles. The zero-order valence-electron chi connectivity index (χ0n) is 16.4. The van der Waals surface area contributed by atoms with Crippen LogP contribution >= 0.6 is 43.6 Å². The lowest BCUT2D eigenvalue weighted by molar-refractivity contribution is 0.344. The third kappa shape index (κ3) is 6.02. The lowest BCUT2D eigenvalue weighted by atomic mass is 10.1. The molecule has 0 atom stereocenters. The summed E-state index contributed by atoms with van der Waals surface area (Å²) in [4.78, 5) is 19.7. The Morgan fingerprint density at radius 1 is 1.03 bits per heavy atom. The highest BCUT2D eigenvalue weighted by Crippen LogP contribution is 2.29. The quantitative estimate of drug-likeness (QED) is 0.226. The van der Waals surface area contributed by atoms with Gasteiger partial charge in [0, 0.05) is 16.6 Å². The van der Waals surface area contributed by atoms with Crippen molar-refractivity contribution in [1.29, 1.82) is 0 Å². The highest BCUT2D eigenvalue weighted by molar-refractivity contribution is 9.10. The number of H-pyrrole nitrogens is 1. The highest BCUT2D eigenvalue weighted by atomic mass is 79.9. The van der Waals surface area contributed by atoms with Gasteiger partial charge in [0.2, 0.25) is 0 Å². The minimum atomic E-state index is -0.211. The molecular formula is C21H20Br2N2O4S. The lowest BCUT2D eigenvalue weighted by Gasteiger charge is -2.11. The number of aromatic nitrogens is 2. The fourth-order valence-electron chi connectivity index (χ4n) is 2.68. The fraction of sp³-hybridized carbons (Fsp3) is 0.238. The Hall–Kier alpha value is -1.97. The molecule has 0 saturated carbocycles. The maximum atomic E-state index is 12.3. The summed E-state index contributed by atoms with van der Waals surface area (Å²) in [6.45, 7) is 0.497. The molecule has 0 radical (unpaired) electrons. The zero-order valence-corrected chi connectivity index (χ0v) is 20.4. The van der Waals surface area contributed by atoms with Crippen molar-refractivity contribution in [3.63, 3.8) is 0 Å². The number of benzene rings is 2. The summed E-state index contributed by atoms with van der Waals surface area (Å²) in [6.07, 6.45) is 0.480. The topological polar surface area (TPSA) is 73.4 Å². The molecule has 0 spiro atoms. The highest BCUT2D eigenvalue weighted by Gasteiger charge is 2.12. The van der Waals surface area contributed by atoms with Crippen LogP contribution in [0.1, 0.15) is 11.3 Å². The van der Waals surface area contributed by atoms with Gasteiger partial charge in [-0.25, -0.2) is 4.98 Å². The first kappa shape index (κ1) is 22.7. The molecule has 0 aliphatic carbocycles. The lowest BCUT2D eigenvalue weighted by Crippen LogP contribution is -2.14. The van der Waals surface area contributed by atoms with E-state index >= 15 is 0 Å². The first-order valence-corrected chi connectivity index (χ1v) is 11.6. The second-order valence-corrected chi connectivity index (χ2v) is 8.94. The van der Waals surface area contributed by atoms with Crippen LogP contribution in [0.3, 0.4) is 0 Å². The number of hydrogen-bond donors (Lipinski definition) is 1. The summed E-state index contributed by atoms with van der Waals surface area (Å²) < 4.78 is 17.8. The molecule has 30 heavy (non-hydrogen) atoms. The summed E-state index contributed by atoms with van der Waals surface area (Å²) in [6, 6.07) is 13.3. The Kier molecular flexibility index (Phi) is 8.24. The zero-order chi connectivity index (χ0) is 21.5. The van der Waals surface area contributed by atoms with E-state index in [1.807, 2.05) is 42.5 Å². The molecule has 3 aromatic rings. The third-order valence-electron chi connectivity index (χ3n) is 4.13. The van der Waals surface area contributed by atoms with Crippen LogP contribution in [0.4, 0.5) is 0 Å². The Labute approximate surface area is 195 Å². The van der Waals surface area contributed by atoms with Gasteiger partial charge in [0.15, 0.2) is 16.7 Å². The number of aromatic amines is 1. The van der Waals surface area contributed by atoms with Gasteiger partial charge in [-0.2, -0.15) is 0 Å². The van der Waals surface area contributed by atoms with Gasteiger partial charge >= 0.3 is 0 Å². The van der Waals surface area contributed by atoms with E-state index in [1.54, 1.807) is 14.2 Å². The van der Waals surface area contributed by atoms with Crippen molar-refractivity contribution in [3.05, 3.63) is 73.0 Å². The second-order valence-electron chi connectivity index (χ2n) is 6.15. The van der Waals surface area contributed by atoms with Crippen molar-refractivity contribution in [1.82, 2.24) is 9.97 Å². The summed E-state index contributed by atoms with van der Waals surface area (Å²) in [5, 5.41) is 0.554. The average Bonchev–Trinajstić information content (AvgIpc) is 2.75. The smallest absolute Gasteiger partial charge is 0.266 e. The van der Waals surface area contributed by atoms with E-state index in [4.69, 9.17) is 14.2 Å². The Morgan fingerprint density at radius 2 is 1.77 bits per heavy atom. The standard InChI is InChI=1S/C21H20Br2N2O4S/c1-27-17-8-3-13(12-18(17)28-2)11-16-19(23)20(26)25-21(24-16)30-10-9-29-15-6-4-14(22)5-7-15/h3-8,12H,9-11H2,1-2H3,(H,24,25,26). The van der Waals surface area contributed by atoms with E-state index in [0.717, 1.165) is 15.8 Å². The Balaban J connectivity index is 1.66. The van der Waals surface area contributed by atoms with Crippen LogP contribution in [0, 0.1) is 0 Å². The van der Waals surface area contributed by atoms with Crippen LogP contribution in [-0.4, -0.2) is 36.5 Å². The summed E-state index contributed by atoms with van der Waals surface area (Å²) in [5.41, 5.74) is 1.40. The number of nitrogens with zero attached hydrogens (tertiary/aromatic N) is 1. The van der Waals surface area contributed by atoms with Crippen molar-refractivity contribution in [3.8, 4) is 17.2 Å². The molecule has 1 heterocycles. The minimum Gasteiger partial charge on any atom is -0.493 e. The number of ether oxygens (including phenoxy) is 3. The van der Waals surface area contributed by atoms with Gasteiger partial charge < -0.3 is 19.2 Å². The number of nitrogens with one attached hydrogen (secondary N) is 1. The van der Waals surface area contributed by atoms with Gasteiger partial charge in [-0.05, 0) is 57.9 Å². The molecule has 0 saturated heterocycles. The molecule has 1 N–H and O–H groups in total. The van der Waals surface area contributed by atoms with Crippen LogP contribution in [0.15, 0.2) is 61.4 Å². The van der Waals surface area contributed by atoms with Gasteiger partial charge in [-0.15, -0.1) is 0 Å². The Bertz CT molecular complexity index is 1060. The van der Waals surface area contributed by atoms with Crippen molar-refractivity contribution in [2.24, 2.45) is 0 Å². The monoisotopic (exact) mass is 554 g/mol.